The van der Waals surface area contributed by atoms with Crippen LogP contribution in [-0.2, 0) is 16.6 Å². The molecular formula is C16H27N3O3. The van der Waals surface area contributed by atoms with Crippen LogP contribution in [-0.4, -0.2) is 32.3 Å². The number of aliphatic carboxylic acids is 1. The summed E-state index contributed by atoms with van der Waals surface area (Å²) in [5, 5.41) is 16.4. The highest BCUT2D eigenvalue weighted by atomic mass is 16.4. The number of nitrogens with zero attached hydrogens (tertiary/aromatic N) is 2. The normalized spacial score (nSPS) is 15.5. The summed E-state index contributed by atoms with van der Waals surface area (Å²) in [4.78, 5) is 23.7. The van der Waals surface area contributed by atoms with Crippen LogP contribution in [0.1, 0.15) is 57.0 Å². The van der Waals surface area contributed by atoms with Crippen LogP contribution in [0.2, 0.25) is 0 Å². The molecule has 1 rings (SSSR count). The van der Waals surface area contributed by atoms with E-state index in [2.05, 4.69) is 10.4 Å². The summed E-state index contributed by atoms with van der Waals surface area (Å²) in [6, 6.07) is 0. The van der Waals surface area contributed by atoms with Gasteiger partial charge in [0.05, 0.1) is 18.0 Å². The first-order valence-corrected chi connectivity index (χ1v) is 7.53. The molecule has 2 N–H and O–H groups in total. The van der Waals surface area contributed by atoms with Crippen LogP contribution in [0.15, 0.2) is 0 Å². The van der Waals surface area contributed by atoms with Crippen LogP contribution in [0.25, 0.3) is 0 Å². The van der Waals surface area contributed by atoms with Crippen LogP contribution in [0, 0.1) is 19.8 Å². The molecule has 0 aliphatic rings. The molecule has 6 nitrogen and oxygen atoms in total. The number of aromatic nitrogens is 2. The van der Waals surface area contributed by atoms with Gasteiger partial charge in [-0.3, -0.25) is 14.3 Å². The summed E-state index contributed by atoms with van der Waals surface area (Å²) < 4.78 is 1.76. The number of carboxylic acids is 1. The minimum atomic E-state index is -0.919. The van der Waals surface area contributed by atoms with E-state index in [1.807, 2.05) is 41.7 Å². The van der Waals surface area contributed by atoms with E-state index in [-0.39, 0.29) is 24.2 Å². The van der Waals surface area contributed by atoms with Crippen LogP contribution >= 0.6 is 0 Å². The Balaban J connectivity index is 3.02. The van der Waals surface area contributed by atoms with Gasteiger partial charge < -0.3 is 10.4 Å². The maximum absolute atomic E-state index is 12.6. The van der Waals surface area contributed by atoms with E-state index in [0.717, 1.165) is 17.0 Å². The van der Waals surface area contributed by atoms with Crippen LogP contribution in [0.3, 0.4) is 0 Å². The first-order chi connectivity index (χ1) is 9.99. The lowest BCUT2D eigenvalue weighted by Crippen LogP contribution is -2.52. The quantitative estimate of drug-likeness (QED) is 0.843. The largest absolute Gasteiger partial charge is 0.481 e. The van der Waals surface area contributed by atoms with Gasteiger partial charge in [0.1, 0.15) is 0 Å². The summed E-state index contributed by atoms with van der Waals surface area (Å²) >= 11 is 0. The van der Waals surface area contributed by atoms with Crippen LogP contribution in [0.5, 0.6) is 0 Å². The van der Waals surface area contributed by atoms with Crippen molar-refractivity contribution in [1.82, 2.24) is 15.1 Å². The predicted molar refractivity (Wildman–Crippen MR) is 84.7 cm³/mol. The fraction of sp³-hybridized carbons (Fsp3) is 0.688. The van der Waals surface area contributed by atoms with Crippen molar-refractivity contribution in [3.63, 3.8) is 0 Å². The molecule has 1 heterocycles. The van der Waals surface area contributed by atoms with Gasteiger partial charge in [-0.15, -0.1) is 0 Å². The third-order valence-corrected chi connectivity index (χ3v) is 4.59. The van der Waals surface area contributed by atoms with Crippen molar-refractivity contribution in [1.29, 1.82) is 0 Å². The third kappa shape index (κ3) is 3.67. The summed E-state index contributed by atoms with van der Waals surface area (Å²) in [5.74, 6) is -1.45. The molecule has 124 valence electrons. The van der Waals surface area contributed by atoms with Gasteiger partial charge in [-0.25, -0.2) is 0 Å². The number of carboxylic acid groups (broad SMARTS) is 1. The van der Waals surface area contributed by atoms with Crippen molar-refractivity contribution in [3.8, 4) is 0 Å². The number of rotatable bonds is 6. The average Bonchev–Trinajstić information content (AvgIpc) is 2.61. The smallest absolute Gasteiger partial charge is 0.305 e. The van der Waals surface area contributed by atoms with Gasteiger partial charge in [-0.05, 0) is 33.6 Å². The molecule has 0 saturated carbocycles. The Hall–Kier alpha value is -1.85. The number of nitrogens with one attached hydrogen (secondary N) is 1. The molecule has 0 aliphatic heterocycles. The minimum absolute atomic E-state index is 0.0100. The SMILES string of the molecule is Cc1nn(C)c(C)c1C(C)C(=O)NC(C)(CC(=O)O)C(C)C. The van der Waals surface area contributed by atoms with Crippen molar-refractivity contribution in [2.24, 2.45) is 13.0 Å². The first-order valence-electron chi connectivity index (χ1n) is 7.53. The van der Waals surface area contributed by atoms with Crippen LogP contribution in [0.4, 0.5) is 0 Å². The highest BCUT2D eigenvalue weighted by Crippen LogP contribution is 2.26. The Morgan fingerprint density at radius 3 is 2.23 bits per heavy atom. The Morgan fingerprint density at radius 1 is 1.32 bits per heavy atom. The molecule has 6 heteroatoms. The third-order valence-electron chi connectivity index (χ3n) is 4.59. The van der Waals surface area contributed by atoms with Gasteiger partial charge in [0, 0.05) is 23.8 Å². The van der Waals surface area contributed by atoms with E-state index < -0.39 is 11.5 Å². The lowest BCUT2D eigenvalue weighted by molar-refractivity contribution is -0.139. The van der Waals surface area contributed by atoms with E-state index in [0.29, 0.717) is 0 Å². The molecule has 0 aromatic carbocycles. The fourth-order valence-corrected chi connectivity index (χ4v) is 2.64. The Kier molecular flexibility index (Phi) is 5.38. The van der Waals surface area contributed by atoms with Crippen molar-refractivity contribution < 1.29 is 14.7 Å². The highest BCUT2D eigenvalue weighted by Gasteiger charge is 2.35. The van der Waals surface area contributed by atoms with E-state index in [1.165, 1.54) is 0 Å². The Morgan fingerprint density at radius 2 is 1.86 bits per heavy atom. The van der Waals surface area contributed by atoms with E-state index in [4.69, 9.17) is 5.11 Å². The summed E-state index contributed by atoms with van der Waals surface area (Å²) in [5.41, 5.74) is 1.90. The number of amides is 1. The van der Waals surface area contributed by atoms with Crippen molar-refractivity contribution >= 4 is 11.9 Å². The standard InChI is InChI=1S/C16H27N3O3/c1-9(2)16(6,8-13(20)21)17-15(22)10(3)14-11(4)18-19(7)12(14)5/h9-10H,8H2,1-7H3,(H,17,22)(H,20,21). The zero-order valence-electron chi connectivity index (χ0n) is 14.5. The highest BCUT2D eigenvalue weighted by molar-refractivity contribution is 5.85. The summed E-state index contributed by atoms with van der Waals surface area (Å²) in [6.45, 7) is 11.2. The van der Waals surface area contributed by atoms with E-state index >= 15 is 0 Å². The van der Waals surface area contributed by atoms with Crippen molar-refractivity contribution in [2.75, 3.05) is 0 Å². The molecule has 0 fully saturated rings. The molecule has 1 aromatic heterocycles. The van der Waals surface area contributed by atoms with Gasteiger partial charge >= 0.3 is 5.97 Å². The lowest BCUT2D eigenvalue weighted by Gasteiger charge is -2.34. The number of hydrogen-bond donors (Lipinski definition) is 2. The number of aryl methyl sites for hydroxylation is 2. The molecule has 0 bridgehead atoms. The molecule has 0 aliphatic carbocycles. The average molecular weight is 309 g/mol. The molecule has 2 atom stereocenters. The van der Waals surface area contributed by atoms with E-state index in [9.17, 15) is 9.59 Å². The molecule has 1 amide bonds. The van der Waals surface area contributed by atoms with Gasteiger partial charge in [0.25, 0.3) is 0 Å². The van der Waals surface area contributed by atoms with Crippen LogP contribution < -0.4 is 5.32 Å². The topological polar surface area (TPSA) is 84.2 Å². The minimum Gasteiger partial charge on any atom is -0.481 e. The van der Waals surface area contributed by atoms with Crippen molar-refractivity contribution in [2.45, 2.75) is 59.4 Å². The molecule has 0 spiro atoms. The van der Waals surface area contributed by atoms with Crippen molar-refractivity contribution in [3.05, 3.63) is 17.0 Å². The summed E-state index contributed by atoms with van der Waals surface area (Å²) in [6.07, 6.45) is -0.103. The maximum Gasteiger partial charge on any atom is 0.305 e. The van der Waals surface area contributed by atoms with Gasteiger partial charge in [0.2, 0.25) is 5.91 Å². The number of hydrogen-bond acceptors (Lipinski definition) is 3. The zero-order valence-corrected chi connectivity index (χ0v) is 14.5. The molecule has 2 unspecified atom stereocenters. The predicted octanol–water partition coefficient (Wildman–Crippen LogP) is 2.15. The first kappa shape index (κ1) is 18.2. The fourth-order valence-electron chi connectivity index (χ4n) is 2.64. The molecular weight excluding hydrogens is 282 g/mol. The number of carbonyl (C=O) groups excluding carboxylic acids is 1. The van der Waals surface area contributed by atoms with Gasteiger partial charge in [-0.1, -0.05) is 13.8 Å². The zero-order chi connectivity index (χ0) is 17.2. The Labute approximate surface area is 131 Å². The lowest BCUT2D eigenvalue weighted by atomic mass is 9.84. The second-order valence-electron chi connectivity index (χ2n) is 6.56. The van der Waals surface area contributed by atoms with Gasteiger partial charge in [-0.2, -0.15) is 5.10 Å². The summed E-state index contributed by atoms with van der Waals surface area (Å²) in [7, 11) is 1.85. The molecule has 1 aromatic rings. The Bertz CT molecular complexity index is 577. The monoisotopic (exact) mass is 309 g/mol. The second kappa shape index (κ2) is 6.50. The molecule has 22 heavy (non-hydrogen) atoms. The van der Waals surface area contributed by atoms with Gasteiger partial charge in [0.15, 0.2) is 0 Å². The second-order valence-corrected chi connectivity index (χ2v) is 6.56. The number of carbonyl (C=O) groups is 2. The maximum atomic E-state index is 12.6. The molecule has 0 radical (unpaired) electrons. The van der Waals surface area contributed by atoms with E-state index in [1.54, 1.807) is 11.6 Å². The molecule has 0 saturated heterocycles.